The second-order valence-electron chi connectivity index (χ2n) is 4.64. The normalized spacial score (nSPS) is 32.6. The third-order valence-electron chi connectivity index (χ3n) is 3.44. The van der Waals surface area contributed by atoms with Gasteiger partial charge in [0.15, 0.2) is 6.10 Å². The molecule has 0 saturated carbocycles. The fourth-order valence-corrected chi connectivity index (χ4v) is 2.46. The minimum Gasteiger partial charge on any atom is -0.453 e. The Hall–Kier alpha value is -1.90. The second-order valence-corrected chi connectivity index (χ2v) is 4.64. The van der Waals surface area contributed by atoms with Crippen molar-refractivity contribution in [1.82, 2.24) is 0 Å². The maximum absolute atomic E-state index is 11.9. The van der Waals surface area contributed by atoms with Crippen molar-refractivity contribution in [2.45, 2.75) is 18.3 Å². The number of fused-ring (bicyclic) bond motifs is 1. The number of ether oxygens (including phenoxy) is 3. The van der Waals surface area contributed by atoms with E-state index >= 15 is 0 Å². The predicted octanol–water partition coefficient (Wildman–Crippen LogP) is 1.15. The number of esters is 1. The Labute approximate surface area is 110 Å². The van der Waals surface area contributed by atoms with Crippen LogP contribution in [0.25, 0.3) is 0 Å². The second kappa shape index (κ2) is 5.00. The van der Waals surface area contributed by atoms with Crippen molar-refractivity contribution in [3.05, 3.63) is 35.9 Å². The molecule has 98 valence electrons. The van der Waals surface area contributed by atoms with Gasteiger partial charge in [-0.3, -0.25) is 0 Å². The molecule has 2 fully saturated rings. The number of hydrogen-bond donors (Lipinski definition) is 0. The van der Waals surface area contributed by atoms with Gasteiger partial charge in [0.2, 0.25) is 0 Å². The molecular formula is C14H13NO4. The summed E-state index contributed by atoms with van der Waals surface area (Å²) in [4.78, 5) is 11.9. The van der Waals surface area contributed by atoms with Crippen molar-refractivity contribution in [2.75, 3.05) is 13.2 Å². The zero-order valence-electron chi connectivity index (χ0n) is 10.2. The van der Waals surface area contributed by atoms with E-state index in [-0.39, 0.29) is 30.7 Å². The highest BCUT2D eigenvalue weighted by atomic mass is 16.6. The largest absolute Gasteiger partial charge is 0.453 e. The molecule has 0 bridgehead atoms. The molecule has 0 amide bonds. The zero-order chi connectivity index (χ0) is 13.2. The summed E-state index contributed by atoms with van der Waals surface area (Å²) in [5.41, 5.74) is 0.501. The third kappa shape index (κ3) is 2.21. The summed E-state index contributed by atoms with van der Waals surface area (Å²) in [5.74, 6) is -0.663. The fourth-order valence-electron chi connectivity index (χ4n) is 2.46. The molecule has 2 heterocycles. The van der Waals surface area contributed by atoms with Gasteiger partial charge in [-0.05, 0) is 12.1 Å². The summed E-state index contributed by atoms with van der Waals surface area (Å²) in [6, 6.07) is 10.9. The van der Waals surface area contributed by atoms with Gasteiger partial charge >= 0.3 is 5.97 Å². The average Bonchev–Trinajstić information content (AvgIpc) is 3.02. The molecule has 4 unspecified atom stereocenters. The van der Waals surface area contributed by atoms with Gasteiger partial charge in [-0.1, -0.05) is 18.2 Å². The lowest BCUT2D eigenvalue weighted by Crippen LogP contribution is -2.33. The van der Waals surface area contributed by atoms with E-state index in [1.54, 1.807) is 24.3 Å². The third-order valence-corrected chi connectivity index (χ3v) is 3.44. The smallest absolute Gasteiger partial charge is 0.338 e. The molecule has 5 nitrogen and oxygen atoms in total. The van der Waals surface area contributed by atoms with Crippen LogP contribution in [0.5, 0.6) is 0 Å². The van der Waals surface area contributed by atoms with Crippen LogP contribution >= 0.6 is 0 Å². The van der Waals surface area contributed by atoms with Crippen LogP contribution in [0.4, 0.5) is 0 Å². The van der Waals surface area contributed by atoms with Gasteiger partial charge in [0.05, 0.1) is 30.8 Å². The lowest BCUT2D eigenvalue weighted by molar-refractivity contribution is -0.0154. The van der Waals surface area contributed by atoms with Crippen molar-refractivity contribution in [3.63, 3.8) is 0 Å². The quantitative estimate of drug-likeness (QED) is 0.745. The Morgan fingerprint density at radius 3 is 2.68 bits per heavy atom. The Balaban J connectivity index is 1.66. The van der Waals surface area contributed by atoms with Gasteiger partial charge in [-0.2, -0.15) is 5.26 Å². The maximum Gasteiger partial charge on any atom is 0.338 e. The van der Waals surface area contributed by atoms with E-state index in [0.717, 1.165) is 0 Å². The highest BCUT2D eigenvalue weighted by Crippen LogP contribution is 2.32. The van der Waals surface area contributed by atoms with Crippen molar-refractivity contribution >= 4 is 5.97 Å². The fraction of sp³-hybridized carbons (Fsp3) is 0.429. The first-order valence-electron chi connectivity index (χ1n) is 6.18. The molecular weight excluding hydrogens is 246 g/mol. The minimum atomic E-state index is -0.434. The van der Waals surface area contributed by atoms with Gasteiger partial charge in [0, 0.05) is 0 Å². The zero-order valence-corrected chi connectivity index (χ0v) is 10.2. The molecule has 0 N–H and O–H groups in total. The number of carbonyl (C=O) groups is 1. The van der Waals surface area contributed by atoms with Gasteiger partial charge in [-0.25, -0.2) is 4.79 Å². The molecule has 19 heavy (non-hydrogen) atoms. The SMILES string of the molecule is N#CC1COC2C(OC(=O)c3ccccc3)COC12. The highest BCUT2D eigenvalue weighted by molar-refractivity contribution is 5.89. The van der Waals surface area contributed by atoms with E-state index in [4.69, 9.17) is 19.5 Å². The Kier molecular flexibility index (Phi) is 3.20. The molecule has 0 radical (unpaired) electrons. The number of carbonyl (C=O) groups excluding carboxylic acids is 1. The molecule has 2 aliphatic rings. The Morgan fingerprint density at radius 2 is 1.95 bits per heavy atom. The Morgan fingerprint density at radius 1 is 1.21 bits per heavy atom. The number of hydrogen-bond acceptors (Lipinski definition) is 5. The number of nitriles is 1. The standard InChI is InChI=1S/C14H13NO4/c15-6-10-7-17-13-11(8-18-12(10)13)19-14(16)9-4-2-1-3-5-9/h1-5,10-13H,7-8H2. The molecule has 0 aromatic heterocycles. The molecule has 1 aromatic rings. The first-order chi connectivity index (χ1) is 9.29. The summed E-state index contributed by atoms with van der Waals surface area (Å²) < 4.78 is 16.4. The highest BCUT2D eigenvalue weighted by Gasteiger charge is 2.49. The number of nitrogens with zero attached hydrogens (tertiary/aromatic N) is 1. The molecule has 2 aliphatic heterocycles. The van der Waals surface area contributed by atoms with Crippen LogP contribution in [0.2, 0.25) is 0 Å². The van der Waals surface area contributed by atoms with Gasteiger partial charge < -0.3 is 14.2 Å². The lowest BCUT2D eigenvalue weighted by atomic mass is 10.0. The molecule has 3 rings (SSSR count). The number of rotatable bonds is 2. The Bertz CT molecular complexity index is 510. The van der Waals surface area contributed by atoms with Crippen molar-refractivity contribution in [2.24, 2.45) is 5.92 Å². The van der Waals surface area contributed by atoms with E-state index in [9.17, 15) is 4.79 Å². The molecule has 1 aromatic carbocycles. The maximum atomic E-state index is 11.9. The van der Waals surface area contributed by atoms with Crippen molar-refractivity contribution in [1.29, 1.82) is 5.26 Å². The predicted molar refractivity (Wildman–Crippen MR) is 64.2 cm³/mol. The van der Waals surface area contributed by atoms with E-state index < -0.39 is 6.10 Å². The van der Waals surface area contributed by atoms with E-state index in [1.165, 1.54) is 0 Å². The summed E-state index contributed by atoms with van der Waals surface area (Å²) in [6.07, 6.45) is -1.04. The van der Waals surface area contributed by atoms with Gasteiger partial charge in [0.1, 0.15) is 12.2 Å². The van der Waals surface area contributed by atoms with Crippen molar-refractivity contribution < 1.29 is 19.0 Å². The molecule has 0 spiro atoms. The topological polar surface area (TPSA) is 68.5 Å². The van der Waals surface area contributed by atoms with Crippen LogP contribution < -0.4 is 0 Å². The monoisotopic (exact) mass is 259 g/mol. The van der Waals surface area contributed by atoms with Gasteiger partial charge in [0.25, 0.3) is 0 Å². The van der Waals surface area contributed by atoms with E-state index in [2.05, 4.69) is 6.07 Å². The molecule has 2 saturated heterocycles. The van der Waals surface area contributed by atoms with Gasteiger partial charge in [-0.15, -0.1) is 0 Å². The van der Waals surface area contributed by atoms with Crippen LogP contribution in [0, 0.1) is 17.2 Å². The molecule has 5 heteroatoms. The summed E-state index contributed by atoms with van der Waals surface area (Å²) in [7, 11) is 0. The van der Waals surface area contributed by atoms with E-state index in [0.29, 0.717) is 12.2 Å². The summed E-state index contributed by atoms with van der Waals surface area (Å²) >= 11 is 0. The van der Waals surface area contributed by atoms with Crippen LogP contribution in [0.1, 0.15) is 10.4 Å². The first-order valence-corrected chi connectivity index (χ1v) is 6.18. The first kappa shape index (κ1) is 12.2. The summed E-state index contributed by atoms with van der Waals surface area (Å²) in [6.45, 7) is 0.622. The van der Waals surface area contributed by atoms with Crippen molar-refractivity contribution in [3.8, 4) is 6.07 Å². The lowest BCUT2D eigenvalue weighted by Gasteiger charge is -2.16. The molecule has 0 aliphatic carbocycles. The average molecular weight is 259 g/mol. The van der Waals surface area contributed by atoms with Crippen LogP contribution in [-0.2, 0) is 14.2 Å². The summed E-state index contributed by atoms with van der Waals surface area (Å²) in [5, 5.41) is 8.94. The van der Waals surface area contributed by atoms with Crippen LogP contribution in [0.3, 0.4) is 0 Å². The minimum absolute atomic E-state index is 0.273. The van der Waals surface area contributed by atoms with Crippen LogP contribution in [0.15, 0.2) is 30.3 Å². The number of benzene rings is 1. The van der Waals surface area contributed by atoms with E-state index in [1.807, 2.05) is 6.07 Å². The van der Waals surface area contributed by atoms with Crippen LogP contribution in [-0.4, -0.2) is 37.5 Å². The molecule has 4 atom stereocenters.